The van der Waals surface area contributed by atoms with E-state index in [-0.39, 0.29) is 10.7 Å². The Kier molecular flexibility index (Phi) is 3.22. The lowest BCUT2D eigenvalue weighted by Crippen LogP contribution is -2.13. The van der Waals surface area contributed by atoms with Crippen LogP contribution < -0.4 is 5.32 Å². The van der Waals surface area contributed by atoms with Gasteiger partial charge in [-0.2, -0.15) is 10.2 Å². The molecule has 0 atom stereocenters. The van der Waals surface area contributed by atoms with Crippen molar-refractivity contribution in [1.82, 2.24) is 20.4 Å². The van der Waals surface area contributed by atoms with Crippen LogP contribution in [0.25, 0.3) is 11.3 Å². The summed E-state index contributed by atoms with van der Waals surface area (Å²) in [4.78, 5) is 11.9. The summed E-state index contributed by atoms with van der Waals surface area (Å²) < 4.78 is 0. The van der Waals surface area contributed by atoms with Gasteiger partial charge in [-0.3, -0.25) is 15.0 Å². The largest absolute Gasteiger partial charge is 0.304 e. The smallest absolute Gasteiger partial charge is 0.276 e. The van der Waals surface area contributed by atoms with Crippen molar-refractivity contribution in [2.24, 2.45) is 0 Å². The number of halogens is 1. The van der Waals surface area contributed by atoms with Gasteiger partial charge in [0, 0.05) is 6.07 Å². The lowest BCUT2D eigenvalue weighted by atomic mass is 10.1. The fourth-order valence-corrected chi connectivity index (χ4v) is 1.94. The fourth-order valence-electron chi connectivity index (χ4n) is 1.76. The number of nitrogens with one attached hydrogen (secondary N) is 3. The Morgan fingerprint density at radius 2 is 2.00 bits per heavy atom. The summed E-state index contributed by atoms with van der Waals surface area (Å²) >= 11 is 5.82. The van der Waals surface area contributed by atoms with Crippen LogP contribution in [-0.4, -0.2) is 26.3 Å². The molecule has 0 bridgehead atoms. The van der Waals surface area contributed by atoms with Gasteiger partial charge in [0.25, 0.3) is 5.91 Å². The maximum Gasteiger partial charge on any atom is 0.276 e. The van der Waals surface area contributed by atoms with Gasteiger partial charge in [-0.25, -0.2) is 0 Å². The van der Waals surface area contributed by atoms with Crippen LogP contribution in [0.1, 0.15) is 10.5 Å². The third-order valence-corrected chi connectivity index (χ3v) is 3.01. The Morgan fingerprint density at radius 3 is 2.70 bits per heavy atom. The summed E-state index contributed by atoms with van der Waals surface area (Å²) in [5.41, 5.74) is 2.01. The van der Waals surface area contributed by atoms with E-state index < -0.39 is 5.91 Å². The first-order valence-corrected chi connectivity index (χ1v) is 6.23. The second kappa shape index (κ2) is 5.18. The molecular formula is C13H10ClN5O. The number of carbonyl (C=O) groups excluding carboxylic acids is 1. The van der Waals surface area contributed by atoms with Crippen molar-refractivity contribution in [2.45, 2.75) is 0 Å². The Balaban J connectivity index is 1.78. The molecule has 0 aliphatic rings. The Morgan fingerprint density at radius 1 is 1.20 bits per heavy atom. The van der Waals surface area contributed by atoms with E-state index in [9.17, 15) is 4.79 Å². The number of hydrogen-bond acceptors (Lipinski definition) is 3. The highest BCUT2D eigenvalue weighted by Gasteiger charge is 2.14. The molecule has 100 valence electrons. The number of nitrogens with zero attached hydrogens (tertiary/aromatic N) is 2. The molecule has 0 fully saturated rings. The minimum atomic E-state index is -0.390. The highest BCUT2D eigenvalue weighted by molar-refractivity contribution is 6.34. The lowest BCUT2D eigenvalue weighted by molar-refractivity contribution is 0.102. The molecule has 0 unspecified atom stereocenters. The molecule has 1 aromatic carbocycles. The number of rotatable bonds is 3. The van der Waals surface area contributed by atoms with Crippen LogP contribution in [0.5, 0.6) is 0 Å². The van der Waals surface area contributed by atoms with Crippen LogP contribution in [0.4, 0.5) is 5.82 Å². The van der Waals surface area contributed by atoms with Crippen molar-refractivity contribution in [3.63, 3.8) is 0 Å². The third kappa shape index (κ3) is 2.41. The monoisotopic (exact) mass is 287 g/mol. The number of H-pyrrole nitrogens is 2. The van der Waals surface area contributed by atoms with Gasteiger partial charge in [0.15, 0.2) is 5.82 Å². The predicted octanol–water partition coefficient (Wildman–Crippen LogP) is 2.71. The van der Waals surface area contributed by atoms with E-state index in [0.29, 0.717) is 5.82 Å². The Labute approximate surface area is 119 Å². The normalized spacial score (nSPS) is 10.4. The van der Waals surface area contributed by atoms with E-state index in [4.69, 9.17) is 11.6 Å². The molecular weight excluding hydrogens is 278 g/mol. The molecule has 0 aliphatic carbocycles. The molecule has 0 saturated carbocycles. The van der Waals surface area contributed by atoms with Crippen LogP contribution in [0, 0.1) is 0 Å². The molecule has 6 nitrogen and oxygen atoms in total. The topological polar surface area (TPSA) is 86.5 Å². The molecule has 1 amide bonds. The van der Waals surface area contributed by atoms with E-state index in [0.717, 1.165) is 11.3 Å². The number of anilines is 1. The zero-order valence-corrected chi connectivity index (χ0v) is 11.0. The molecule has 0 spiro atoms. The van der Waals surface area contributed by atoms with Gasteiger partial charge in [-0.15, -0.1) is 0 Å². The van der Waals surface area contributed by atoms with E-state index in [1.165, 1.54) is 6.20 Å². The summed E-state index contributed by atoms with van der Waals surface area (Å²) in [5.74, 6) is 0.0260. The Hall–Kier alpha value is -2.60. The molecule has 7 heteroatoms. The van der Waals surface area contributed by atoms with Crippen LogP contribution in [0.3, 0.4) is 0 Å². The molecule has 0 saturated heterocycles. The minimum Gasteiger partial charge on any atom is -0.304 e. The van der Waals surface area contributed by atoms with Crippen LogP contribution in [-0.2, 0) is 0 Å². The summed E-state index contributed by atoms with van der Waals surface area (Å²) in [5, 5.41) is 16.0. The average Bonchev–Trinajstić information content (AvgIpc) is 3.09. The number of amides is 1. The number of carbonyl (C=O) groups is 1. The summed E-state index contributed by atoms with van der Waals surface area (Å²) in [6.07, 6.45) is 1.37. The molecule has 20 heavy (non-hydrogen) atoms. The molecule has 3 rings (SSSR count). The van der Waals surface area contributed by atoms with Gasteiger partial charge in [-0.05, 0) is 5.56 Å². The van der Waals surface area contributed by atoms with E-state index in [1.54, 1.807) is 6.07 Å². The zero-order valence-electron chi connectivity index (χ0n) is 10.2. The quantitative estimate of drug-likeness (QED) is 0.692. The highest BCUT2D eigenvalue weighted by Crippen LogP contribution is 2.20. The molecule has 3 N–H and O–H groups in total. The van der Waals surface area contributed by atoms with Crippen molar-refractivity contribution >= 4 is 23.3 Å². The first-order valence-electron chi connectivity index (χ1n) is 5.85. The van der Waals surface area contributed by atoms with Gasteiger partial charge in [-0.1, -0.05) is 41.9 Å². The van der Waals surface area contributed by atoms with Gasteiger partial charge in [0.05, 0.1) is 16.9 Å². The number of benzene rings is 1. The minimum absolute atomic E-state index is 0.205. The standard InChI is InChI=1S/C13H10ClN5O/c14-9-7-15-19-12(9)13(20)16-11-6-10(17-18-11)8-4-2-1-3-5-8/h1-7H,(H,15,19)(H2,16,17,18,20). The SMILES string of the molecule is O=C(Nc1cc(-c2ccccc2)[nH]n1)c1[nH]ncc1Cl. The van der Waals surface area contributed by atoms with Crippen molar-refractivity contribution in [3.8, 4) is 11.3 Å². The fraction of sp³-hybridized carbons (Fsp3) is 0. The van der Waals surface area contributed by atoms with Crippen molar-refractivity contribution in [3.05, 3.63) is 53.3 Å². The maximum absolute atomic E-state index is 11.9. The molecule has 0 radical (unpaired) electrons. The maximum atomic E-state index is 11.9. The highest BCUT2D eigenvalue weighted by atomic mass is 35.5. The first kappa shape index (κ1) is 12.4. The molecule has 0 aliphatic heterocycles. The summed E-state index contributed by atoms with van der Waals surface area (Å²) in [6.45, 7) is 0. The second-order valence-electron chi connectivity index (χ2n) is 4.08. The van der Waals surface area contributed by atoms with Crippen molar-refractivity contribution < 1.29 is 4.79 Å². The lowest BCUT2D eigenvalue weighted by Gasteiger charge is -1.98. The summed E-state index contributed by atoms with van der Waals surface area (Å²) in [6, 6.07) is 11.4. The van der Waals surface area contributed by atoms with Gasteiger partial charge >= 0.3 is 0 Å². The van der Waals surface area contributed by atoms with Gasteiger partial charge in [0.2, 0.25) is 0 Å². The van der Waals surface area contributed by atoms with E-state index in [1.807, 2.05) is 30.3 Å². The van der Waals surface area contributed by atoms with Crippen molar-refractivity contribution in [1.29, 1.82) is 0 Å². The van der Waals surface area contributed by atoms with Crippen LogP contribution in [0.15, 0.2) is 42.6 Å². The predicted molar refractivity (Wildman–Crippen MR) is 75.6 cm³/mol. The molecule has 3 aromatic rings. The number of aromatic nitrogens is 4. The van der Waals surface area contributed by atoms with Gasteiger partial charge in [0.1, 0.15) is 5.69 Å². The van der Waals surface area contributed by atoms with Crippen LogP contribution in [0.2, 0.25) is 5.02 Å². The number of hydrogen-bond donors (Lipinski definition) is 3. The third-order valence-electron chi connectivity index (χ3n) is 2.72. The molecule has 2 heterocycles. The average molecular weight is 288 g/mol. The zero-order chi connectivity index (χ0) is 13.9. The number of aromatic amines is 2. The molecule has 2 aromatic heterocycles. The first-order chi connectivity index (χ1) is 9.74. The van der Waals surface area contributed by atoms with Crippen LogP contribution >= 0.6 is 11.6 Å². The van der Waals surface area contributed by atoms with E-state index >= 15 is 0 Å². The van der Waals surface area contributed by atoms with Crippen molar-refractivity contribution in [2.75, 3.05) is 5.32 Å². The second-order valence-corrected chi connectivity index (χ2v) is 4.49. The Bertz CT molecular complexity index is 734. The van der Waals surface area contributed by atoms with Gasteiger partial charge < -0.3 is 5.32 Å². The van der Waals surface area contributed by atoms with E-state index in [2.05, 4.69) is 25.7 Å². The summed E-state index contributed by atoms with van der Waals surface area (Å²) in [7, 11) is 0.